The van der Waals surface area contributed by atoms with Gasteiger partial charge in [0.25, 0.3) is 0 Å². The fraction of sp³-hybridized carbons (Fsp3) is 0.435. The summed E-state index contributed by atoms with van der Waals surface area (Å²) >= 11 is 0. The van der Waals surface area contributed by atoms with Gasteiger partial charge in [-0.25, -0.2) is 9.59 Å². The molecule has 1 fully saturated rings. The zero-order valence-corrected chi connectivity index (χ0v) is 16.6. The van der Waals surface area contributed by atoms with Gasteiger partial charge in [0.05, 0.1) is 5.56 Å². The lowest BCUT2D eigenvalue weighted by atomic mass is 9.71. The van der Waals surface area contributed by atoms with Gasteiger partial charge in [-0.1, -0.05) is 51.1 Å². The Hall–Kier alpha value is -2.69. The highest BCUT2D eigenvalue weighted by Crippen LogP contribution is 2.40. The van der Waals surface area contributed by atoms with Gasteiger partial charge < -0.3 is 9.47 Å². The molecule has 0 unspecified atom stereocenters. The number of rotatable bonds is 5. The normalized spacial score (nSPS) is 22.1. The number of ether oxygens (including phenoxy) is 2. The second-order valence-corrected chi connectivity index (χ2v) is 8.41. The summed E-state index contributed by atoms with van der Waals surface area (Å²) in [4.78, 5) is 29.4. The van der Waals surface area contributed by atoms with E-state index in [1.807, 2.05) is 6.07 Å². The Kier molecular flexibility index (Phi) is 6.12. The van der Waals surface area contributed by atoms with Crippen molar-refractivity contribution in [2.45, 2.75) is 52.2 Å². The molecule has 1 aromatic carbocycles. The van der Waals surface area contributed by atoms with Crippen LogP contribution in [0.3, 0.4) is 0 Å². The summed E-state index contributed by atoms with van der Waals surface area (Å²) in [5, 5.41) is 0. The number of benzene rings is 1. The van der Waals surface area contributed by atoms with Crippen molar-refractivity contribution in [2.75, 3.05) is 0 Å². The Balaban J connectivity index is 1.77. The van der Waals surface area contributed by atoms with Gasteiger partial charge in [-0.05, 0) is 42.7 Å². The van der Waals surface area contributed by atoms with Crippen molar-refractivity contribution in [2.24, 2.45) is 11.3 Å². The summed E-state index contributed by atoms with van der Waals surface area (Å²) in [6.45, 7) is 6.57. The van der Waals surface area contributed by atoms with E-state index < -0.39 is 18.0 Å². The Bertz CT molecular complexity index is 804. The lowest BCUT2D eigenvalue weighted by molar-refractivity contribution is -0.164. The van der Waals surface area contributed by atoms with Crippen LogP contribution in [0.2, 0.25) is 0 Å². The van der Waals surface area contributed by atoms with Crippen LogP contribution in [0.25, 0.3) is 0 Å². The van der Waals surface area contributed by atoms with E-state index in [0.29, 0.717) is 17.0 Å². The first-order valence-electron chi connectivity index (χ1n) is 9.70. The fourth-order valence-corrected chi connectivity index (χ4v) is 4.11. The molecule has 1 aromatic heterocycles. The quantitative estimate of drug-likeness (QED) is 0.700. The van der Waals surface area contributed by atoms with Crippen molar-refractivity contribution < 1.29 is 19.1 Å². The maximum Gasteiger partial charge on any atom is 0.352 e. The van der Waals surface area contributed by atoms with Gasteiger partial charge >= 0.3 is 11.9 Å². The van der Waals surface area contributed by atoms with Gasteiger partial charge in [-0.15, -0.1) is 0 Å². The van der Waals surface area contributed by atoms with Crippen molar-refractivity contribution in [1.82, 2.24) is 4.98 Å². The van der Waals surface area contributed by atoms with Crippen LogP contribution in [0, 0.1) is 11.3 Å². The van der Waals surface area contributed by atoms with Crippen molar-refractivity contribution in [3.8, 4) is 0 Å². The van der Waals surface area contributed by atoms with E-state index in [2.05, 4.69) is 25.8 Å². The Morgan fingerprint density at radius 3 is 2.50 bits per heavy atom. The predicted octanol–water partition coefficient (Wildman–Crippen LogP) is 4.74. The molecule has 1 heterocycles. The number of pyridine rings is 1. The number of hydrogen-bond acceptors (Lipinski definition) is 5. The molecule has 0 bridgehead atoms. The van der Waals surface area contributed by atoms with Crippen LogP contribution < -0.4 is 0 Å². The summed E-state index contributed by atoms with van der Waals surface area (Å²) in [7, 11) is 0. The van der Waals surface area contributed by atoms with Gasteiger partial charge in [0, 0.05) is 18.0 Å². The average Bonchev–Trinajstić information content (AvgIpc) is 2.65. The van der Waals surface area contributed by atoms with E-state index in [-0.39, 0.29) is 11.5 Å². The van der Waals surface area contributed by atoms with E-state index in [0.717, 1.165) is 19.3 Å². The van der Waals surface area contributed by atoms with Crippen molar-refractivity contribution in [3.05, 3.63) is 66.0 Å². The number of hydrogen-bond donors (Lipinski definition) is 0. The summed E-state index contributed by atoms with van der Waals surface area (Å²) in [6.07, 6.45) is 4.46. The molecular formula is C23H27NO4. The Morgan fingerprint density at radius 1 is 1.11 bits per heavy atom. The third kappa shape index (κ3) is 5.18. The summed E-state index contributed by atoms with van der Waals surface area (Å²) in [5.74, 6) is -0.649. The summed E-state index contributed by atoms with van der Waals surface area (Å²) in [5.41, 5.74) is 1.01. The molecule has 2 aromatic rings. The highest BCUT2D eigenvalue weighted by atomic mass is 16.6. The molecule has 3 rings (SSSR count). The molecule has 0 aliphatic heterocycles. The zero-order valence-electron chi connectivity index (χ0n) is 16.6. The molecule has 3 atom stereocenters. The maximum atomic E-state index is 13.0. The lowest BCUT2D eigenvalue weighted by Crippen LogP contribution is -2.35. The SMILES string of the molecule is C[C@@H]1C[C@H](OC(=O)[C@H](OC(=O)c2cccnc2)c2ccccc2)CC(C)(C)C1. The first-order chi connectivity index (χ1) is 13.3. The summed E-state index contributed by atoms with van der Waals surface area (Å²) < 4.78 is 11.4. The first-order valence-corrected chi connectivity index (χ1v) is 9.70. The predicted molar refractivity (Wildman–Crippen MR) is 106 cm³/mol. The first kappa shape index (κ1) is 20.1. The van der Waals surface area contributed by atoms with Crippen LogP contribution in [0.5, 0.6) is 0 Å². The minimum atomic E-state index is -1.10. The minimum absolute atomic E-state index is 0.122. The number of carbonyl (C=O) groups is 2. The molecule has 0 spiro atoms. The van der Waals surface area contributed by atoms with E-state index in [1.54, 1.807) is 42.6 Å². The molecule has 1 aliphatic rings. The minimum Gasteiger partial charge on any atom is -0.459 e. The zero-order chi connectivity index (χ0) is 20.1. The largest absolute Gasteiger partial charge is 0.459 e. The van der Waals surface area contributed by atoms with E-state index >= 15 is 0 Å². The van der Waals surface area contributed by atoms with Crippen LogP contribution in [-0.4, -0.2) is 23.0 Å². The number of carbonyl (C=O) groups excluding carboxylic acids is 2. The monoisotopic (exact) mass is 381 g/mol. The molecule has 28 heavy (non-hydrogen) atoms. The topological polar surface area (TPSA) is 65.5 Å². The molecule has 1 aliphatic carbocycles. The highest BCUT2D eigenvalue weighted by Gasteiger charge is 2.36. The molecule has 1 saturated carbocycles. The Morgan fingerprint density at radius 2 is 1.86 bits per heavy atom. The number of esters is 2. The second kappa shape index (κ2) is 8.55. The molecule has 148 valence electrons. The lowest BCUT2D eigenvalue weighted by Gasteiger charge is -2.38. The van der Waals surface area contributed by atoms with Gasteiger partial charge in [0.15, 0.2) is 0 Å². The van der Waals surface area contributed by atoms with E-state index in [1.165, 1.54) is 6.20 Å². The van der Waals surface area contributed by atoms with Crippen LogP contribution in [0.1, 0.15) is 62.1 Å². The smallest absolute Gasteiger partial charge is 0.352 e. The van der Waals surface area contributed by atoms with E-state index in [9.17, 15) is 9.59 Å². The molecule has 0 saturated heterocycles. The van der Waals surface area contributed by atoms with Crippen LogP contribution >= 0.6 is 0 Å². The van der Waals surface area contributed by atoms with Gasteiger partial charge in [-0.3, -0.25) is 4.98 Å². The second-order valence-electron chi connectivity index (χ2n) is 8.41. The number of nitrogens with zero attached hydrogens (tertiary/aromatic N) is 1. The van der Waals surface area contributed by atoms with Gasteiger partial charge in [-0.2, -0.15) is 0 Å². The fourth-order valence-electron chi connectivity index (χ4n) is 4.11. The van der Waals surface area contributed by atoms with Crippen molar-refractivity contribution >= 4 is 11.9 Å². The molecule has 5 heteroatoms. The van der Waals surface area contributed by atoms with Crippen LogP contribution in [-0.2, 0) is 14.3 Å². The third-order valence-electron chi connectivity index (χ3n) is 5.07. The van der Waals surface area contributed by atoms with E-state index in [4.69, 9.17) is 9.47 Å². The van der Waals surface area contributed by atoms with Crippen LogP contribution in [0.4, 0.5) is 0 Å². The van der Waals surface area contributed by atoms with Crippen LogP contribution in [0.15, 0.2) is 54.9 Å². The Labute approximate surface area is 166 Å². The molecular weight excluding hydrogens is 354 g/mol. The average molecular weight is 381 g/mol. The maximum absolute atomic E-state index is 13.0. The molecule has 0 N–H and O–H groups in total. The number of aromatic nitrogens is 1. The third-order valence-corrected chi connectivity index (χ3v) is 5.07. The summed E-state index contributed by atoms with van der Waals surface area (Å²) in [6, 6.07) is 12.2. The molecule has 5 nitrogen and oxygen atoms in total. The molecule has 0 amide bonds. The van der Waals surface area contributed by atoms with Crippen molar-refractivity contribution in [3.63, 3.8) is 0 Å². The standard InChI is InChI=1S/C23H27NO4/c1-16-12-19(14-23(2,3)13-16)27-22(26)20(17-8-5-4-6-9-17)28-21(25)18-10-7-11-24-15-18/h4-11,15-16,19-20H,12-14H2,1-3H3/t16-,19+,20-/m1/s1. The van der Waals surface area contributed by atoms with Gasteiger partial charge in [0.1, 0.15) is 6.10 Å². The highest BCUT2D eigenvalue weighted by molar-refractivity contribution is 5.91. The van der Waals surface area contributed by atoms with Gasteiger partial charge in [0.2, 0.25) is 6.10 Å². The molecule has 0 radical (unpaired) electrons. The van der Waals surface area contributed by atoms with Crippen molar-refractivity contribution in [1.29, 1.82) is 0 Å².